The van der Waals surface area contributed by atoms with Crippen molar-refractivity contribution in [3.8, 4) is 0 Å². The molecular formula is C14H12Cl2N2O. The van der Waals surface area contributed by atoms with Crippen molar-refractivity contribution in [1.82, 2.24) is 0 Å². The molecule has 0 aliphatic carbocycles. The minimum Gasteiger partial charge on any atom is -0.396 e. The fourth-order valence-electron chi connectivity index (χ4n) is 1.56. The lowest BCUT2D eigenvalue weighted by Gasteiger charge is -2.08. The van der Waals surface area contributed by atoms with Crippen molar-refractivity contribution in [2.24, 2.45) is 0 Å². The summed E-state index contributed by atoms with van der Waals surface area (Å²) in [5.41, 5.74) is 8.09. The Morgan fingerprint density at radius 3 is 2.16 bits per heavy atom. The second kappa shape index (κ2) is 5.51. The van der Waals surface area contributed by atoms with Crippen LogP contribution in [0, 0.1) is 6.92 Å². The number of rotatable bonds is 2. The van der Waals surface area contributed by atoms with Crippen LogP contribution in [-0.4, -0.2) is 5.91 Å². The average molecular weight is 295 g/mol. The van der Waals surface area contributed by atoms with Crippen LogP contribution >= 0.6 is 23.2 Å². The van der Waals surface area contributed by atoms with Crippen molar-refractivity contribution < 1.29 is 4.79 Å². The van der Waals surface area contributed by atoms with Crippen LogP contribution in [0.15, 0.2) is 36.4 Å². The van der Waals surface area contributed by atoms with Gasteiger partial charge in [0.2, 0.25) is 0 Å². The zero-order valence-electron chi connectivity index (χ0n) is 10.2. The smallest absolute Gasteiger partial charge is 0.255 e. The van der Waals surface area contributed by atoms with Crippen LogP contribution in [0.25, 0.3) is 0 Å². The molecule has 0 bridgehead atoms. The zero-order valence-corrected chi connectivity index (χ0v) is 11.7. The van der Waals surface area contributed by atoms with E-state index in [2.05, 4.69) is 5.32 Å². The summed E-state index contributed by atoms with van der Waals surface area (Å²) < 4.78 is 0. The van der Waals surface area contributed by atoms with Gasteiger partial charge in [-0.15, -0.1) is 0 Å². The van der Waals surface area contributed by atoms with Gasteiger partial charge < -0.3 is 11.1 Å². The van der Waals surface area contributed by atoms with Crippen molar-refractivity contribution in [2.75, 3.05) is 11.1 Å². The molecule has 0 radical (unpaired) electrons. The quantitative estimate of drug-likeness (QED) is 0.818. The van der Waals surface area contributed by atoms with Crippen molar-refractivity contribution in [3.05, 3.63) is 57.6 Å². The number of hydrogen-bond acceptors (Lipinski definition) is 2. The first-order valence-corrected chi connectivity index (χ1v) is 6.35. The maximum Gasteiger partial charge on any atom is 0.255 e. The summed E-state index contributed by atoms with van der Waals surface area (Å²) in [6.45, 7) is 1.98. The average Bonchev–Trinajstić information content (AvgIpc) is 2.38. The van der Waals surface area contributed by atoms with E-state index >= 15 is 0 Å². The third-order valence-corrected chi connectivity index (χ3v) is 3.28. The molecule has 0 spiro atoms. The monoisotopic (exact) mass is 294 g/mol. The van der Waals surface area contributed by atoms with E-state index in [-0.39, 0.29) is 21.6 Å². The Balaban J connectivity index is 2.23. The van der Waals surface area contributed by atoms with Gasteiger partial charge in [-0.1, -0.05) is 40.9 Å². The van der Waals surface area contributed by atoms with E-state index in [1.165, 1.54) is 12.1 Å². The maximum atomic E-state index is 12.0. The number of carbonyl (C=O) groups is 1. The maximum absolute atomic E-state index is 12.0. The molecule has 5 heteroatoms. The van der Waals surface area contributed by atoms with Crippen LogP contribution in [0.2, 0.25) is 10.0 Å². The molecule has 3 N–H and O–H groups in total. The molecule has 0 unspecified atom stereocenters. The first-order valence-electron chi connectivity index (χ1n) is 5.60. The van der Waals surface area contributed by atoms with Gasteiger partial charge in [0.1, 0.15) is 0 Å². The fourth-order valence-corrected chi connectivity index (χ4v) is 2.04. The Kier molecular flexibility index (Phi) is 3.98. The summed E-state index contributed by atoms with van der Waals surface area (Å²) in [5, 5.41) is 3.29. The molecule has 98 valence electrons. The van der Waals surface area contributed by atoms with Crippen LogP contribution in [0.4, 0.5) is 11.4 Å². The Bertz CT molecular complexity index is 601. The molecule has 2 aromatic rings. The molecule has 1 amide bonds. The zero-order chi connectivity index (χ0) is 14.0. The Hall–Kier alpha value is -1.71. The molecule has 2 rings (SSSR count). The highest BCUT2D eigenvalue weighted by Gasteiger charge is 2.11. The molecule has 0 atom stereocenters. The van der Waals surface area contributed by atoms with Crippen LogP contribution in [0.1, 0.15) is 15.9 Å². The number of benzene rings is 2. The highest BCUT2D eigenvalue weighted by molar-refractivity contribution is 6.39. The SMILES string of the molecule is Cc1ccc(NC(=O)c2cc(Cl)c(N)c(Cl)c2)cc1. The molecule has 0 saturated heterocycles. The number of halogens is 2. The van der Waals surface area contributed by atoms with Crippen molar-refractivity contribution in [3.63, 3.8) is 0 Å². The minimum absolute atomic E-state index is 0.265. The van der Waals surface area contributed by atoms with E-state index in [1.54, 1.807) is 0 Å². The lowest BCUT2D eigenvalue weighted by molar-refractivity contribution is 0.102. The molecule has 0 aromatic heterocycles. The van der Waals surface area contributed by atoms with Crippen LogP contribution < -0.4 is 11.1 Å². The third-order valence-electron chi connectivity index (χ3n) is 2.65. The van der Waals surface area contributed by atoms with Crippen molar-refractivity contribution >= 4 is 40.5 Å². The summed E-state index contributed by atoms with van der Waals surface area (Å²) in [4.78, 5) is 12.0. The Morgan fingerprint density at radius 1 is 1.11 bits per heavy atom. The molecule has 19 heavy (non-hydrogen) atoms. The molecular weight excluding hydrogens is 283 g/mol. The van der Waals surface area contributed by atoms with Crippen LogP contribution in [0.5, 0.6) is 0 Å². The lowest BCUT2D eigenvalue weighted by Crippen LogP contribution is -2.12. The summed E-state index contributed by atoms with van der Waals surface area (Å²) in [6.07, 6.45) is 0. The highest BCUT2D eigenvalue weighted by atomic mass is 35.5. The number of hydrogen-bond donors (Lipinski definition) is 2. The first-order chi connectivity index (χ1) is 8.97. The molecule has 2 aromatic carbocycles. The summed E-state index contributed by atoms with van der Waals surface area (Å²) in [7, 11) is 0. The van der Waals surface area contributed by atoms with Gasteiger partial charge in [-0.05, 0) is 31.2 Å². The van der Waals surface area contributed by atoms with Crippen LogP contribution in [0.3, 0.4) is 0 Å². The van der Waals surface area contributed by atoms with Crippen molar-refractivity contribution in [2.45, 2.75) is 6.92 Å². The van der Waals surface area contributed by atoms with Gasteiger partial charge in [0.05, 0.1) is 15.7 Å². The van der Waals surface area contributed by atoms with Gasteiger partial charge in [-0.25, -0.2) is 0 Å². The lowest BCUT2D eigenvalue weighted by atomic mass is 10.1. The Labute approximate surface area is 121 Å². The normalized spacial score (nSPS) is 10.3. The van der Waals surface area contributed by atoms with E-state index in [9.17, 15) is 4.79 Å². The third kappa shape index (κ3) is 3.19. The van der Waals surface area contributed by atoms with Gasteiger partial charge in [-0.2, -0.15) is 0 Å². The molecule has 0 aliphatic heterocycles. The molecule has 0 aliphatic rings. The van der Waals surface area contributed by atoms with Gasteiger partial charge in [0, 0.05) is 11.3 Å². The number of aryl methyl sites for hydroxylation is 1. The van der Waals surface area contributed by atoms with Gasteiger partial charge in [0.15, 0.2) is 0 Å². The molecule has 0 fully saturated rings. The molecule has 0 heterocycles. The molecule has 3 nitrogen and oxygen atoms in total. The van der Waals surface area contributed by atoms with E-state index in [0.717, 1.165) is 5.56 Å². The highest BCUT2D eigenvalue weighted by Crippen LogP contribution is 2.29. The topological polar surface area (TPSA) is 55.1 Å². The van der Waals surface area contributed by atoms with Gasteiger partial charge in [-0.3, -0.25) is 4.79 Å². The molecule has 0 saturated carbocycles. The van der Waals surface area contributed by atoms with E-state index < -0.39 is 0 Å². The van der Waals surface area contributed by atoms with Crippen molar-refractivity contribution in [1.29, 1.82) is 0 Å². The summed E-state index contributed by atoms with van der Waals surface area (Å²) in [5.74, 6) is -0.285. The number of carbonyl (C=O) groups excluding carboxylic acids is 1. The van der Waals surface area contributed by atoms with E-state index in [4.69, 9.17) is 28.9 Å². The van der Waals surface area contributed by atoms with E-state index in [1.807, 2.05) is 31.2 Å². The van der Waals surface area contributed by atoms with Gasteiger partial charge in [0.25, 0.3) is 5.91 Å². The standard InChI is InChI=1S/C14H12Cl2N2O/c1-8-2-4-10(5-3-8)18-14(19)9-6-11(15)13(17)12(16)7-9/h2-7H,17H2,1H3,(H,18,19). The van der Waals surface area contributed by atoms with Crippen LogP contribution in [-0.2, 0) is 0 Å². The van der Waals surface area contributed by atoms with E-state index in [0.29, 0.717) is 11.3 Å². The largest absolute Gasteiger partial charge is 0.396 e. The number of amides is 1. The second-order valence-corrected chi connectivity index (χ2v) is 4.99. The number of nitrogens with one attached hydrogen (secondary N) is 1. The number of nitrogens with two attached hydrogens (primary N) is 1. The number of anilines is 2. The first kappa shape index (κ1) is 13.7. The minimum atomic E-state index is -0.285. The fraction of sp³-hybridized carbons (Fsp3) is 0.0714. The predicted molar refractivity (Wildman–Crippen MR) is 80.0 cm³/mol. The summed E-state index contributed by atoms with van der Waals surface area (Å²) >= 11 is 11.8. The Morgan fingerprint density at radius 2 is 1.63 bits per heavy atom. The van der Waals surface area contributed by atoms with Gasteiger partial charge >= 0.3 is 0 Å². The predicted octanol–water partition coefficient (Wildman–Crippen LogP) is 4.14. The number of nitrogen functional groups attached to an aromatic ring is 1. The summed E-state index contributed by atoms with van der Waals surface area (Å²) in [6, 6.07) is 10.5. The second-order valence-electron chi connectivity index (χ2n) is 4.17.